The molecule has 1 saturated heterocycles. The minimum absolute atomic E-state index is 0.0794. The second-order valence-corrected chi connectivity index (χ2v) is 8.37. The van der Waals surface area contributed by atoms with Crippen molar-refractivity contribution in [2.24, 2.45) is 0 Å². The molecular formula is C22H23ClFN3O2. The first kappa shape index (κ1) is 18.7. The summed E-state index contributed by atoms with van der Waals surface area (Å²) in [5.74, 6) is 0.675. The largest absolute Gasteiger partial charge is 0.493 e. The summed E-state index contributed by atoms with van der Waals surface area (Å²) in [5.41, 5.74) is 3.53. The Kier molecular flexibility index (Phi) is 4.84. The fourth-order valence-electron chi connectivity index (χ4n) is 4.92. The van der Waals surface area contributed by atoms with E-state index in [1.54, 1.807) is 6.07 Å². The monoisotopic (exact) mass is 415 g/mol. The summed E-state index contributed by atoms with van der Waals surface area (Å²) < 4.78 is 18.9. The predicted molar refractivity (Wildman–Crippen MR) is 112 cm³/mol. The van der Waals surface area contributed by atoms with Crippen LogP contribution < -0.4 is 15.0 Å². The lowest BCUT2D eigenvalue weighted by atomic mass is 9.89. The van der Waals surface area contributed by atoms with Gasteiger partial charge < -0.3 is 19.9 Å². The van der Waals surface area contributed by atoms with E-state index in [0.29, 0.717) is 30.9 Å². The third-order valence-corrected chi connectivity index (χ3v) is 6.47. The first-order valence-corrected chi connectivity index (χ1v) is 10.5. The van der Waals surface area contributed by atoms with E-state index in [2.05, 4.69) is 21.2 Å². The molecule has 152 valence electrons. The molecule has 1 fully saturated rings. The Morgan fingerprint density at radius 1 is 1.28 bits per heavy atom. The van der Waals surface area contributed by atoms with Gasteiger partial charge in [-0.15, -0.1) is 0 Å². The quantitative estimate of drug-likeness (QED) is 0.753. The van der Waals surface area contributed by atoms with Gasteiger partial charge in [0.1, 0.15) is 11.6 Å². The van der Waals surface area contributed by atoms with Gasteiger partial charge in [-0.05, 0) is 36.6 Å². The number of rotatable bonds is 5. The molecule has 0 spiro atoms. The van der Waals surface area contributed by atoms with Crippen LogP contribution in [0.4, 0.5) is 15.8 Å². The van der Waals surface area contributed by atoms with Gasteiger partial charge in [-0.25, -0.2) is 4.39 Å². The highest BCUT2D eigenvalue weighted by Crippen LogP contribution is 2.49. The Labute approximate surface area is 174 Å². The lowest BCUT2D eigenvalue weighted by Gasteiger charge is -2.39. The molecule has 2 atom stereocenters. The van der Waals surface area contributed by atoms with E-state index in [-0.39, 0.29) is 10.9 Å². The third-order valence-electron chi connectivity index (χ3n) is 6.18. The molecule has 5 rings (SSSR count). The molecule has 5 nitrogen and oxygen atoms in total. The molecule has 0 bridgehead atoms. The molecule has 2 aromatic rings. The number of halogens is 2. The number of fused-ring (bicyclic) bond motifs is 3. The fourth-order valence-corrected chi connectivity index (χ4v) is 5.09. The van der Waals surface area contributed by atoms with Crippen molar-refractivity contribution in [3.63, 3.8) is 0 Å². The van der Waals surface area contributed by atoms with Crippen LogP contribution in [0.2, 0.25) is 5.02 Å². The second kappa shape index (κ2) is 7.50. The van der Waals surface area contributed by atoms with Crippen molar-refractivity contribution in [2.75, 3.05) is 43.0 Å². The highest BCUT2D eigenvalue weighted by molar-refractivity contribution is 6.30. The third kappa shape index (κ3) is 3.45. The van der Waals surface area contributed by atoms with E-state index in [9.17, 15) is 9.18 Å². The van der Waals surface area contributed by atoms with E-state index in [1.165, 1.54) is 23.4 Å². The van der Waals surface area contributed by atoms with Crippen LogP contribution in [0.5, 0.6) is 5.75 Å². The van der Waals surface area contributed by atoms with Crippen molar-refractivity contribution < 1.29 is 13.9 Å². The topological polar surface area (TPSA) is 44.8 Å². The summed E-state index contributed by atoms with van der Waals surface area (Å²) in [4.78, 5) is 16.9. The molecule has 29 heavy (non-hydrogen) atoms. The van der Waals surface area contributed by atoms with Crippen LogP contribution >= 0.6 is 11.6 Å². The molecule has 7 heteroatoms. The summed E-state index contributed by atoms with van der Waals surface area (Å²) in [5, 5.41) is 3.10. The molecule has 3 aliphatic rings. The number of piperidine rings is 1. The van der Waals surface area contributed by atoms with Gasteiger partial charge in [-0.2, -0.15) is 0 Å². The van der Waals surface area contributed by atoms with Crippen molar-refractivity contribution in [3.8, 4) is 5.75 Å². The second-order valence-electron chi connectivity index (χ2n) is 7.96. The van der Waals surface area contributed by atoms with E-state index < -0.39 is 5.82 Å². The van der Waals surface area contributed by atoms with Crippen LogP contribution in [0.3, 0.4) is 0 Å². The molecule has 1 N–H and O–H groups in total. The minimum Gasteiger partial charge on any atom is -0.493 e. The SMILES string of the molecule is O=C1CN2c3c(cccc3[C@@H]3CN(CCCOc4ccc(F)c(Cl)c4)CC[C@@H]32)N1. The van der Waals surface area contributed by atoms with Crippen LogP contribution in [0.15, 0.2) is 36.4 Å². The maximum atomic E-state index is 13.2. The zero-order valence-corrected chi connectivity index (χ0v) is 16.8. The average Bonchev–Trinajstić information content (AvgIpc) is 3.02. The normalized spacial score (nSPS) is 22.8. The van der Waals surface area contributed by atoms with E-state index >= 15 is 0 Å². The summed E-state index contributed by atoms with van der Waals surface area (Å²) >= 11 is 5.80. The number of hydrogen-bond acceptors (Lipinski definition) is 4. The van der Waals surface area contributed by atoms with E-state index in [4.69, 9.17) is 16.3 Å². The minimum atomic E-state index is -0.434. The Morgan fingerprint density at radius 2 is 2.17 bits per heavy atom. The van der Waals surface area contributed by atoms with Crippen molar-refractivity contribution in [1.29, 1.82) is 0 Å². The molecular weight excluding hydrogens is 393 g/mol. The van der Waals surface area contributed by atoms with E-state index in [0.717, 1.165) is 38.2 Å². The molecule has 3 heterocycles. The molecule has 0 saturated carbocycles. The molecule has 2 aromatic carbocycles. The standard InChI is InChI=1S/C22H23ClFN3O2/c23-17-11-14(5-6-18(17)24)29-10-2-8-26-9-7-20-16(12-26)15-3-1-4-19-22(15)27(20)13-21(28)25-19/h1,3-6,11,16,20H,2,7-10,12-13H2,(H,25,28)/t16-,20-/m0/s1. The molecule has 1 amide bonds. The number of ether oxygens (including phenoxy) is 1. The van der Waals surface area contributed by atoms with Gasteiger partial charge in [-0.3, -0.25) is 4.79 Å². The van der Waals surface area contributed by atoms with E-state index in [1.807, 2.05) is 12.1 Å². The summed E-state index contributed by atoms with van der Waals surface area (Å²) in [6, 6.07) is 11.1. The molecule has 0 aromatic heterocycles. The Balaban J connectivity index is 1.19. The maximum absolute atomic E-state index is 13.2. The predicted octanol–water partition coefficient (Wildman–Crippen LogP) is 3.88. The Bertz CT molecular complexity index is 954. The first-order valence-electron chi connectivity index (χ1n) is 10.1. The van der Waals surface area contributed by atoms with Crippen LogP contribution in [0, 0.1) is 5.82 Å². The Morgan fingerprint density at radius 3 is 3.03 bits per heavy atom. The number of para-hydroxylation sites is 1. The highest BCUT2D eigenvalue weighted by atomic mass is 35.5. The summed E-state index contributed by atoms with van der Waals surface area (Å²) in [6.45, 7) is 3.99. The number of anilines is 2. The first-order chi connectivity index (χ1) is 14.1. The van der Waals surface area contributed by atoms with Gasteiger partial charge in [-0.1, -0.05) is 23.7 Å². The van der Waals surface area contributed by atoms with Gasteiger partial charge >= 0.3 is 0 Å². The zero-order valence-electron chi connectivity index (χ0n) is 16.0. The molecule has 0 aliphatic carbocycles. The molecule has 0 radical (unpaired) electrons. The number of carbonyl (C=O) groups excluding carboxylic acids is 1. The van der Waals surface area contributed by atoms with Crippen molar-refractivity contribution >= 4 is 28.9 Å². The lowest BCUT2D eigenvalue weighted by Crippen LogP contribution is -2.49. The average molecular weight is 416 g/mol. The van der Waals surface area contributed by atoms with Crippen LogP contribution in [0.1, 0.15) is 24.3 Å². The Hall–Kier alpha value is -2.31. The van der Waals surface area contributed by atoms with Gasteiger partial charge in [0.05, 0.1) is 29.5 Å². The number of benzene rings is 2. The zero-order chi connectivity index (χ0) is 20.0. The highest BCUT2D eigenvalue weighted by Gasteiger charge is 2.44. The van der Waals surface area contributed by atoms with Crippen molar-refractivity contribution in [3.05, 3.63) is 52.8 Å². The van der Waals surface area contributed by atoms with Gasteiger partial charge in [0.15, 0.2) is 0 Å². The van der Waals surface area contributed by atoms with Crippen LogP contribution in [0.25, 0.3) is 0 Å². The fraction of sp³-hybridized carbons (Fsp3) is 0.409. The van der Waals surface area contributed by atoms with Crippen LogP contribution in [-0.2, 0) is 4.79 Å². The number of amides is 1. The number of carbonyl (C=O) groups is 1. The maximum Gasteiger partial charge on any atom is 0.243 e. The number of likely N-dealkylation sites (tertiary alicyclic amines) is 1. The number of nitrogens with zero attached hydrogens (tertiary/aromatic N) is 2. The molecule has 3 aliphatic heterocycles. The lowest BCUT2D eigenvalue weighted by molar-refractivity contribution is -0.115. The number of hydrogen-bond donors (Lipinski definition) is 1. The summed E-state index contributed by atoms with van der Waals surface area (Å²) in [7, 11) is 0. The van der Waals surface area contributed by atoms with Crippen molar-refractivity contribution in [2.45, 2.75) is 24.8 Å². The van der Waals surface area contributed by atoms with Gasteiger partial charge in [0.2, 0.25) is 5.91 Å². The van der Waals surface area contributed by atoms with Crippen molar-refractivity contribution in [1.82, 2.24) is 4.90 Å². The smallest absolute Gasteiger partial charge is 0.243 e. The summed E-state index contributed by atoms with van der Waals surface area (Å²) in [6.07, 6.45) is 1.95. The van der Waals surface area contributed by atoms with Crippen LogP contribution in [-0.4, -0.2) is 49.6 Å². The van der Waals surface area contributed by atoms with Gasteiger partial charge in [0.25, 0.3) is 0 Å². The van der Waals surface area contributed by atoms with Gasteiger partial charge in [0, 0.05) is 37.7 Å². The molecule has 0 unspecified atom stereocenters. The number of nitrogens with one attached hydrogen (secondary N) is 1.